The summed E-state index contributed by atoms with van der Waals surface area (Å²) in [7, 11) is 0. The van der Waals surface area contributed by atoms with E-state index in [1.165, 1.54) is 0 Å². The van der Waals surface area contributed by atoms with Crippen molar-refractivity contribution in [1.29, 1.82) is 0 Å². The largest absolute Gasteiger partial charge is 0.379 e. The third-order valence-electron chi connectivity index (χ3n) is 2.59. The van der Waals surface area contributed by atoms with Crippen molar-refractivity contribution in [2.75, 3.05) is 33.0 Å². The van der Waals surface area contributed by atoms with Gasteiger partial charge >= 0.3 is 0 Å². The van der Waals surface area contributed by atoms with Gasteiger partial charge in [-0.2, -0.15) is 0 Å². The Bertz CT molecular complexity index is 183. The van der Waals surface area contributed by atoms with Crippen LogP contribution in [0.2, 0.25) is 0 Å². The molecule has 18 heavy (non-hydrogen) atoms. The van der Waals surface area contributed by atoms with E-state index >= 15 is 0 Å². The second-order valence-corrected chi connectivity index (χ2v) is 4.59. The van der Waals surface area contributed by atoms with Crippen molar-refractivity contribution in [3.8, 4) is 0 Å². The fraction of sp³-hybridized carbons (Fsp3) is 0.929. The Kier molecular flexibility index (Phi) is 9.48. The Balaban J connectivity index is 1.97. The monoisotopic (exact) mass is 259 g/mol. The van der Waals surface area contributed by atoms with Crippen LogP contribution in [0.5, 0.6) is 0 Å². The molecule has 107 valence electrons. The number of hydrogen-bond acceptors (Lipinski definition) is 4. The lowest BCUT2D eigenvalue weighted by Gasteiger charge is -2.17. The molecule has 0 saturated carbocycles. The molecule has 1 rings (SSSR count). The highest BCUT2D eigenvalue weighted by molar-refractivity contribution is 4.69. The van der Waals surface area contributed by atoms with Gasteiger partial charge in [0.2, 0.25) is 0 Å². The lowest BCUT2D eigenvalue weighted by molar-refractivity contribution is 0.0113. The Hall–Kier alpha value is -0.160. The SMILES string of the molecule is CCCO[CH]C(CCCOCC1CO1)OCCC. The summed E-state index contributed by atoms with van der Waals surface area (Å²) in [5.74, 6) is 0. The van der Waals surface area contributed by atoms with Crippen molar-refractivity contribution >= 4 is 0 Å². The van der Waals surface area contributed by atoms with E-state index < -0.39 is 0 Å². The molecule has 4 heteroatoms. The van der Waals surface area contributed by atoms with Gasteiger partial charge in [0.25, 0.3) is 0 Å². The van der Waals surface area contributed by atoms with Crippen LogP contribution in [-0.4, -0.2) is 45.2 Å². The Morgan fingerprint density at radius 2 is 2.00 bits per heavy atom. The molecule has 2 atom stereocenters. The summed E-state index contributed by atoms with van der Waals surface area (Å²) in [5.41, 5.74) is 0. The van der Waals surface area contributed by atoms with Crippen molar-refractivity contribution in [3.05, 3.63) is 6.61 Å². The van der Waals surface area contributed by atoms with E-state index in [-0.39, 0.29) is 6.10 Å². The van der Waals surface area contributed by atoms with Gasteiger partial charge in [-0.05, 0) is 25.7 Å². The first-order valence-electron chi connectivity index (χ1n) is 7.12. The predicted molar refractivity (Wildman–Crippen MR) is 70.4 cm³/mol. The smallest absolute Gasteiger partial charge is 0.112 e. The fourth-order valence-corrected chi connectivity index (χ4v) is 1.52. The average Bonchev–Trinajstić information content (AvgIpc) is 3.19. The second-order valence-electron chi connectivity index (χ2n) is 4.59. The summed E-state index contributed by atoms with van der Waals surface area (Å²) in [6.07, 6.45) is 4.46. The van der Waals surface area contributed by atoms with Crippen LogP contribution in [0.25, 0.3) is 0 Å². The Labute approximate surface area is 111 Å². The molecule has 2 unspecified atom stereocenters. The Morgan fingerprint density at radius 1 is 1.22 bits per heavy atom. The molecule has 0 N–H and O–H groups in total. The summed E-state index contributed by atoms with van der Waals surface area (Å²) in [5, 5.41) is 0. The molecule has 1 radical (unpaired) electrons. The molecule has 0 aliphatic carbocycles. The molecule has 1 fully saturated rings. The molecule has 0 aromatic carbocycles. The average molecular weight is 259 g/mol. The third kappa shape index (κ3) is 8.86. The van der Waals surface area contributed by atoms with E-state index in [2.05, 4.69) is 13.8 Å². The zero-order chi connectivity index (χ0) is 13.1. The highest BCUT2D eigenvalue weighted by Crippen LogP contribution is 2.11. The van der Waals surface area contributed by atoms with Gasteiger partial charge in [-0.3, -0.25) is 0 Å². The quantitative estimate of drug-likeness (QED) is 0.376. The fourth-order valence-electron chi connectivity index (χ4n) is 1.52. The van der Waals surface area contributed by atoms with Gasteiger partial charge in [0, 0.05) is 19.8 Å². The first kappa shape index (κ1) is 15.9. The molecule has 0 bridgehead atoms. The molecular formula is C14H27O4. The minimum Gasteiger partial charge on any atom is -0.379 e. The maximum absolute atomic E-state index is 5.72. The van der Waals surface area contributed by atoms with Gasteiger partial charge in [-0.25, -0.2) is 0 Å². The van der Waals surface area contributed by atoms with Crippen molar-refractivity contribution < 1.29 is 18.9 Å². The van der Waals surface area contributed by atoms with E-state index in [1.54, 1.807) is 0 Å². The van der Waals surface area contributed by atoms with E-state index in [4.69, 9.17) is 18.9 Å². The van der Waals surface area contributed by atoms with Crippen LogP contribution < -0.4 is 0 Å². The van der Waals surface area contributed by atoms with Crippen LogP contribution in [-0.2, 0) is 18.9 Å². The van der Waals surface area contributed by atoms with Gasteiger partial charge in [0.05, 0.1) is 19.3 Å². The minimum atomic E-state index is 0.0947. The second kappa shape index (κ2) is 10.7. The van der Waals surface area contributed by atoms with Crippen LogP contribution >= 0.6 is 0 Å². The molecule has 0 aromatic heterocycles. The van der Waals surface area contributed by atoms with Gasteiger partial charge in [0.15, 0.2) is 0 Å². The van der Waals surface area contributed by atoms with Crippen LogP contribution in [0.15, 0.2) is 0 Å². The maximum atomic E-state index is 5.72. The molecule has 0 spiro atoms. The van der Waals surface area contributed by atoms with Crippen LogP contribution in [0.4, 0.5) is 0 Å². The molecule has 0 amide bonds. The first-order chi connectivity index (χ1) is 8.86. The van der Waals surface area contributed by atoms with E-state index in [0.717, 1.165) is 58.7 Å². The van der Waals surface area contributed by atoms with Crippen molar-refractivity contribution in [1.82, 2.24) is 0 Å². The maximum Gasteiger partial charge on any atom is 0.112 e. The third-order valence-corrected chi connectivity index (χ3v) is 2.59. The minimum absolute atomic E-state index is 0.0947. The lowest BCUT2D eigenvalue weighted by atomic mass is 10.2. The van der Waals surface area contributed by atoms with Crippen molar-refractivity contribution in [3.63, 3.8) is 0 Å². The van der Waals surface area contributed by atoms with Gasteiger partial charge in [-0.15, -0.1) is 0 Å². The van der Waals surface area contributed by atoms with Crippen LogP contribution in [0.1, 0.15) is 39.5 Å². The summed E-state index contributed by atoms with van der Waals surface area (Å²) < 4.78 is 21.7. The van der Waals surface area contributed by atoms with Gasteiger partial charge in [-0.1, -0.05) is 13.8 Å². The lowest BCUT2D eigenvalue weighted by Crippen LogP contribution is -2.17. The van der Waals surface area contributed by atoms with Crippen molar-refractivity contribution in [2.24, 2.45) is 0 Å². The number of ether oxygens (including phenoxy) is 4. The zero-order valence-corrected chi connectivity index (χ0v) is 11.7. The molecule has 1 saturated heterocycles. The molecule has 1 heterocycles. The number of hydrogen-bond donors (Lipinski definition) is 0. The van der Waals surface area contributed by atoms with Crippen molar-refractivity contribution in [2.45, 2.75) is 51.7 Å². The van der Waals surface area contributed by atoms with Gasteiger partial charge in [0.1, 0.15) is 12.7 Å². The highest BCUT2D eigenvalue weighted by atomic mass is 16.6. The molecule has 0 aromatic rings. The first-order valence-corrected chi connectivity index (χ1v) is 7.12. The summed E-state index contributed by atoms with van der Waals surface area (Å²) in [4.78, 5) is 0. The van der Waals surface area contributed by atoms with Crippen LogP contribution in [0.3, 0.4) is 0 Å². The summed E-state index contributed by atoms with van der Waals surface area (Å²) in [6.45, 7) is 9.97. The van der Waals surface area contributed by atoms with Crippen LogP contribution in [0, 0.1) is 6.61 Å². The standard InChI is InChI=1S/C14H27O4/c1-3-7-15-10-13(17-8-4-2)6-5-9-16-11-14-12-18-14/h10,13-14H,3-9,11-12H2,1-2H3. The normalized spacial score (nSPS) is 20.0. The summed E-state index contributed by atoms with van der Waals surface area (Å²) in [6, 6.07) is 0. The highest BCUT2D eigenvalue weighted by Gasteiger charge is 2.22. The van der Waals surface area contributed by atoms with E-state index in [9.17, 15) is 0 Å². The summed E-state index contributed by atoms with van der Waals surface area (Å²) >= 11 is 0. The number of rotatable bonds is 13. The number of epoxide rings is 1. The molecule has 1 aliphatic rings. The predicted octanol–water partition coefficient (Wildman–Crippen LogP) is 2.57. The van der Waals surface area contributed by atoms with E-state index in [0.29, 0.717) is 6.10 Å². The molecular weight excluding hydrogens is 232 g/mol. The molecule has 4 nitrogen and oxygen atoms in total. The molecule has 1 aliphatic heterocycles. The Morgan fingerprint density at radius 3 is 2.67 bits per heavy atom. The van der Waals surface area contributed by atoms with E-state index in [1.807, 2.05) is 6.61 Å². The zero-order valence-electron chi connectivity index (χ0n) is 11.7. The topological polar surface area (TPSA) is 40.2 Å². The van der Waals surface area contributed by atoms with Gasteiger partial charge < -0.3 is 18.9 Å².